The highest BCUT2D eigenvalue weighted by atomic mass is 15.3. The average molecular weight is 272 g/mol. The molecule has 0 saturated heterocycles. The van der Waals surface area contributed by atoms with Crippen molar-refractivity contribution in [2.45, 2.75) is 27.3 Å². The number of benzene rings is 1. The molecule has 0 aliphatic heterocycles. The molecule has 0 fully saturated rings. The molecule has 0 spiro atoms. The summed E-state index contributed by atoms with van der Waals surface area (Å²) in [7, 11) is 2.09. The minimum atomic E-state index is 0.681. The Kier molecular flexibility index (Phi) is 4.57. The summed E-state index contributed by atoms with van der Waals surface area (Å²) in [6, 6.07) is 8.34. The maximum Gasteiger partial charge on any atom is 0.0678 e. The number of nitrogens with two attached hydrogens (primary N) is 1. The van der Waals surface area contributed by atoms with Crippen molar-refractivity contribution in [1.82, 2.24) is 14.7 Å². The van der Waals surface area contributed by atoms with E-state index in [1.807, 2.05) is 0 Å². The van der Waals surface area contributed by atoms with Gasteiger partial charge in [0.25, 0.3) is 0 Å². The number of nitrogens with zero attached hydrogens (tertiary/aromatic N) is 3. The molecule has 1 aromatic heterocycles. The van der Waals surface area contributed by atoms with Crippen LogP contribution in [-0.4, -0.2) is 34.8 Å². The van der Waals surface area contributed by atoms with E-state index in [2.05, 4.69) is 61.7 Å². The molecule has 0 saturated carbocycles. The zero-order valence-electron chi connectivity index (χ0n) is 12.8. The molecule has 2 aromatic rings. The third-order valence-corrected chi connectivity index (χ3v) is 3.72. The van der Waals surface area contributed by atoms with Gasteiger partial charge in [0.05, 0.1) is 11.4 Å². The number of rotatable bonds is 5. The van der Waals surface area contributed by atoms with Gasteiger partial charge >= 0.3 is 0 Å². The van der Waals surface area contributed by atoms with Crippen LogP contribution >= 0.6 is 0 Å². The summed E-state index contributed by atoms with van der Waals surface area (Å²) in [4.78, 5) is 2.24. The van der Waals surface area contributed by atoms with Gasteiger partial charge in [-0.05, 0) is 39.4 Å². The van der Waals surface area contributed by atoms with Crippen LogP contribution in [0.3, 0.4) is 0 Å². The Morgan fingerprint density at radius 2 is 1.90 bits per heavy atom. The minimum absolute atomic E-state index is 0.681. The van der Waals surface area contributed by atoms with Crippen molar-refractivity contribution < 1.29 is 0 Å². The fourth-order valence-corrected chi connectivity index (χ4v) is 2.51. The second-order valence-electron chi connectivity index (χ2n) is 5.37. The normalized spacial score (nSPS) is 11.3. The minimum Gasteiger partial charge on any atom is -0.329 e. The molecule has 0 bridgehead atoms. The number of aryl methyl sites for hydroxylation is 2. The lowest BCUT2D eigenvalue weighted by molar-refractivity contribution is 0.335. The highest BCUT2D eigenvalue weighted by Gasteiger charge is 2.15. The van der Waals surface area contributed by atoms with E-state index in [0.29, 0.717) is 6.54 Å². The van der Waals surface area contributed by atoms with Crippen molar-refractivity contribution in [3.8, 4) is 5.69 Å². The summed E-state index contributed by atoms with van der Waals surface area (Å²) in [6.45, 7) is 8.80. The molecule has 1 aromatic carbocycles. The van der Waals surface area contributed by atoms with E-state index in [-0.39, 0.29) is 0 Å². The molecule has 1 heterocycles. The van der Waals surface area contributed by atoms with Crippen molar-refractivity contribution in [2.24, 2.45) is 5.73 Å². The zero-order valence-corrected chi connectivity index (χ0v) is 12.8. The molecule has 0 aliphatic rings. The predicted octanol–water partition coefficient (Wildman–Crippen LogP) is 2.19. The van der Waals surface area contributed by atoms with Crippen LogP contribution in [0.5, 0.6) is 0 Å². The van der Waals surface area contributed by atoms with E-state index >= 15 is 0 Å². The summed E-state index contributed by atoms with van der Waals surface area (Å²) in [6.07, 6.45) is 0. The van der Waals surface area contributed by atoms with Gasteiger partial charge in [0, 0.05) is 30.9 Å². The molecule has 108 valence electrons. The fraction of sp³-hybridized carbons (Fsp3) is 0.438. The van der Waals surface area contributed by atoms with Gasteiger partial charge in [-0.3, -0.25) is 0 Å². The molecule has 0 aliphatic carbocycles. The Labute approximate surface area is 121 Å². The summed E-state index contributed by atoms with van der Waals surface area (Å²) in [5.74, 6) is 0. The smallest absolute Gasteiger partial charge is 0.0678 e. The topological polar surface area (TPSA) is 47.1 Å². The van der Waals surface area contributed by atoms with E-state index in [4.69, 9.17) is 10.8 Å². The van der Waals surface area contributed by atoms with E-state index < -0.39 is 0 Å². The SMILES string of the molecule is Cc1ccccc1-n1nc(C)c(CN(C)CCN)c1C. The Hall–Kier alpha value is -1.65. The summed E-state index contributed by atoms with van der Waals surface area (Å²) >= 11 is 0. The van der Waals surface area contributed by atoms with Crippen LogP contribution in [0.4, 0.5) is 0 Å². The molecular formula is C16H24N4. The average Bonchev–Trinajstić information content (AvgIpc) is 2.68. The van der Waals surface area contributed by atoms with Gasteiger partial charge in [-0.2, -0.15) is 5.10 Å². The first-order valence-electron chi connectivity index (χ1n) is 7.04. The second-order valence-corrected chi connectivity index (χ2v) is 5.37. The van der Waals surface area contributed by atoms with Crippen LogP contribution in [0.1, 0.15) is 22.5 Å². The van der Waals surface area contributed by atoms with Gasteiger partial charge in [0.1, 0.15) is 0 Å². The quantitative estimate of drug-likeness (QED) is 0.907. The molecule has 4 nitrogen and oxygen atoms in total. The summed E-state index contributed by atoms with van der Waals surface area (Å²) in [5.41, 5.74) is 11.6. The number of likely N-dealkylation sites (N-methyl/N-ethyl adjacent to an activating group) is 1. The lowest BCUT2D eigenvalue weighted by Crippen LogP contribution is -2.25. The monoisotopic (exact) mass is 272 g/mol. The molecular weight excluding hydrogens is 248 g/mol. The maximum absolute atomic E-state index is 5.61. The lowest BCUT2D eigenvalue weighted by Gasteiger charge is -2.15. The first-order valence-corrected chi connectivity index (χ1v) is 7.04. The summed E-state index contributed by atoms with van der Waals surface area (Å²) in [5, 5.41) is 4.71. The first kappa shape index (κ1) is 14.8. The Morgan fingerprint density at radius 3 is 2.55 bits per heavy atom. The summed E-state index contributed by atoms with van der Waals surface area (Å²) < 4.78 is 2.05. The van der Waals surface area contributed by atoms with Crippen LogP contribution in [0.2, 0.25) is 0 Å². The highest BCUT2D eigenvalue weighted by molar-refractivity contribution is 5.42. The van der Waals surface area contributed by atoms with Crippen molar-refractivity contribution >= 4 is 0 Å². The molecule has 2 rings (SSSR count). The first-order chi connectivity index (χ1) is 9.54. The zero-order chi connectivity index (χ0) is 14.7. The Morgan fingerprint density at radius 1 is 1.20 bits per heavy atom. The van der Waals surface area contributed by atoms with Crippen molar-refractivity contribution in [3.63, 3.8) is 0 Å². The number of hydrogen-bond acceptors (Lipinski definition) is 3. The van der Waals surface area contributed by atoms with Crippen LogP contribution in [0.15, 0.2) is 24.3 Å². The number of hydrogen-bond donors (Lipinski definition) is 1. The molecule has 4 heteroatoms. The van der Waals surface area contributed by atoms with Crippen LogP contribution in [0.25, 0.3) is 5.69 Å². The van der Waals surface area contributed by atoms with Crippen LogP contribution in [0, 0.1) is 20.8 Å². The number of aromatic nitrogens is 2. The molecule has 2 N–H and O–H groups in total. The van der Waals surface area contributed by atoms with Crippen molar-refractivity contribution in [2.75, 3.05) is 20.1 Å². The van der Waals surface area contributed by atoms with E-state index in [1.54, 1.807) is 0 Å². The van der Waals surface area contributed by atoms with E-state index in [9.17, 15) is 0 Å². The fourth-order valence-electron chi connectivity index (χ4n) is 2.51. The largest absolute Gasteiger partial charge is 0.329 e. The Bertz CT molecular complexity index is 586. The standard InChI is InChI=1S/C16H24N4/c1-12-7-5-6-8-16(12)20-14(3)15(13(2)18-20)11-19(4)10-9-17/h5-8H,9-11,17H2,1-4H3. The molecule has 20 heavy (non-hydrogen) atoms. The van der Waals surface area contributed by atoms with Crippen LogP contribution in [-0.2, 0) is 6.54 Å². The van der Waals surface area contributed by atoms with Gasteiger partial charge in [0.2, 0.25) is 0 Å². The molecule has 0 radical (unpaired) electrons. The third kappa shape index (κ3) is 2.92. The van der Waals surface area contributed by atoms with Crippen molar-refractivity contribution in [1.29, 1.82) is 0 Å². The van der Waals surface area contributed by atoms with Gasteiger partial charge in [-0.15, -0.1) is 0 Å². The third-order valence-electron chi connectivity index (χ3n) is 3.72. The van der Waals surface area contributed by atoms with E-state index in [1.165, 1.54) is 16.8 Å². The van der Waals surface area contributed by atoms with Gasteiger partial charge < -0.3 is 10.6 Å². The van der Waals surface area contributed by atoms with E-state index in [0.717, 1.165) is 24.5 Å². The predicted molar refractivity (Wildman–Crippen MR) is 83.2 cm³/mol. The Balaban J connectivity index is 2.36. The van der Waals surface area contributed by atoms with Gasteiger partial charge in [0.15, 0.2) is 0 Å². The second kappa shape index (κ2) is 6.20. The molecule has 0 atom stereocenters. The highest BCUT2D eigenvalue weighted by Crippen LogP contribution is 2.21. The molecule has 0 unspecified atom stereocenters. The van der Waals surface area contributed by atoms with Crippen molar-refractivity contribution in [3.05, 3.63) is 46.8 Å². The number of para-hydroxylation sites is 1. The maximum atomic E-state index is 5.61. The van der Waals surface area contributed by atoms with Crippen LogP contribution < -0.4 is 5.73 Å². The van der Waals surface area contributed by atoms with Gasteiger partial charge in [-0.25, -0.2) is 4.68 Å². The van der Waals surface area contributed by atoms with Gasteiger partial charge in [-0.1, -0.05) is 18.2 Å². The molecule has 0 amide bonds. The lowest BCUT2D eigenvalue weighted by atomic mass is 10.1.